The minimum Gasteiger partial charge on any atom is -0.314 e. The van der Waals surface area contributed by atoms with E-state index in [9.17, 15) is 22.0 Å². The second kappa shape index (κ2) is 4.90. The smallest absolute Gasteiger partial charge is 0.314 e. The maximum Gasteiger partial charge on any atom is 1.00 e. The van der Waals surface area contributed by atoms with Gasteiger partial charge in [-0.1, -0.05) is 13.3 Å². The molecule has 1 aliphatic rings. The number of hydrogen-bond donors (Lipinski definition) is 0. The summed E-state index contributed by atoms with van der Waals surface area (Å²) in [6, 6.07) is 0. The van der Waals surface area contributed by atoms with Crippen LogP contribution in [0.3, 0.4) is 0 Å². The van der Waals surface area contributed by atoms with E-state index in [1.165, 1.54) is 6.92 Å². The van der Waals surface area contributed by atoms with Gasteiger partial charge in [0.2, 0.25) is 0 Å². The molecule has 0 aromatic heterocycles. The van der Waals surface area contributed by atoms with E-state index >= 15 is 0 Å². The van der Waals surface area contributed by atoms with Crippen LogP contribution in [0.4, 0.5) is 22.0 Å². The van der Waals surface area contributed by atoms with Gasteiger partial charge in [-0.3, -0.25) is 4.39 Å². The molecule has 1 aliphatic carbocycles. The van der Waals surface area contributed by atoms with Crippen LogP contribution in [0, 0.1) is 5.92 Å². The normalized spacial score (nSPS) is 22.7. The van der Waals surface area contributed by atoms with Gasteiger partial charge in [0.15, 0.2) is 0 Å². The van der Waals surface area contributed by atoms with Crippen molar-refractivity contribution in [1.82, 2.24) is 0 Å². The molecule has 0 aromatic rings. The van der Waals surface area contributed by atoms with Gasteiger partial charge in [0, 0.05) is 11.7 Å². The summed E-state index contributed by atoms with van der Waals surface area (Å²) in [7, 11) is 0. The van der Waals surface area contributed by atoms with Gasteiger partial charge in [-0.15, -0.1) is 5.92 Å². The molecule has 0 spiro atoms. The standard InChI is InChI=1S/C8H6F5.Li/c1-2-3-4(9)6(11)8(13)7(12)5(3)10;/h4H,2H2,1H3;/q-1;+1. The predicted molar refractivity (Wildman–Crippen MR) is 36.9 cm³/mol. The van der Waals surface area contributed by atoms with Crippen molar-refractivity contribution >= 4 is 0 Å². The third-order valence-corrected chi connectivity index (χ3v) is 1.79. The van der Waals surface area contributed by atoms with Crippen molar-refractivity contribution in [2.45, 2.75) is 19.5 Å². The van der Waals surface area contributed by atoms with Crippen molar-refractivity contribution in [2.24, 2.45) is 0 Å². The van der Waals surface area contributed by atoms with Gasteiger partial charge in [0.05, 0.1) is 0 Å². The molecule has 0 N–H and O–H groups in total. The summed E-state index contributed by atoms with van der Waals surface area (Å²) in [4.78, 5) is 0. The van der Waals surface area contributed by atoms with E-state index in [1.54, 1.807) is 0 Å². The van der Waals surface area contributed by atoms with Gasteiger partial charge in [-0.2, -0.15) is 0 Å². The maximum atomic E-state index is 12.8. The Hall–Kier alpha value is -0.403. The fourth-order valence-electron chi connectivity index (χ4n) is 1.05. The molecule has 0 nitrogen and oxygen atoms in total. The van der Waals surface area contributed by atoms with E-state index in [0.717, 1.165) is 0 Å². The Morgan fingerprint density at radius 1 is 1.14 bits per heavy atom. The quantitative estimate of drug-likeness (QED) is 0.334. The molecule has 0 heterocycles. The molecule has 14 heavy (non-hydrogen) atoms. The Balaban J connectivity index is 0.00000169. The van der Waals surface area contributed by atoms with E-state index < -0.39 is 35.4 Å². The molecule has 0 fully saturated rings. The van der Waals surface area contributed by atoms with Gasteiger partial charge >= 0.3 is 18.9 Å². The number of rotatable bonds is 1. The van der Waals surface area contributed by atoms with Crippen molar-refractivity contribution in [3.8, 4) is 0 Å². The SMILES string of the molecule is CC[C-]1C(F)=C(F)C(F)=C(F)C1F.[Li+]. The molecule has 0 aliphatic heterocycles. The van der Waals surface area contributed by atoms with Gasteiger partial charge in [0.1, 0.15) is 17.8 Å². The first-order valence-corrected chi connectivity index (χ1v) is 3.61. The Morgan fingerprint density at radius 3 is 2.07 bits per heavy atom. The second-order valence-corrected chi connectivity index (χ2v) is 2.53. The molecule has 0 saturated heterocycles. The molecule has 0 amide bonds. The van der Waals surface area contributed by atoms with Crippen molar-refractivity contribution in [3.05, 3.63) is 29.2 Å². The zero-order chi connectivity index (χ0) is 10.2. The predicted octanol–water partition coefficient (Wildman–Crippen LogP) is 0.628. The molecule has 6 heteroatoms. The Labute approximate surface area is 90.0 Å². The van der Waals surface area contributed by atoms with E-state index in [2.05, 4.69) is 0 Å². The van der Waals surface area contributed by atoms with Crippen LogP contribution in [-0.4, -0.2) is 6.17 Å². The van der Waals surface area contributed by atoms with Crippen LogP contribution in [-0.2, 0) is 0 Å². The molecular formula is C8H6F5Li. The van der Waals surface area contributed by atoms with Crippen LogP contribution in [0.2, 0.25) is 0 Å². The third-order valence-electron chi connectivity index (χ3n) is 1.79. The summed E-state index contributed by atoms with van der Waals surface area (Å²) in [5.41, 5.74) is 0. The molecule has 0 radical (unpaired) electrons. The van der Waals surface area contributed by atoms with E-state index in [1.807, 2.05) is 0 Å². The van der Waals surface area contributed by atoms with Crippen molar-refractivity contribution in [1.29, 1.82) is 0 Å². The first-order valence-electron chi connectivity index (χ1n) is 3.61. The largest absolute Gasteiger partial charge is 1.00 e. The maximum absolute atomic E-state index is 12.8. The van der Waals surface area contributed by atoms with E-state index in [0.29, 0.717) is 0 Å². The molecule has 1 rings (SSSR count). The van der Waals surface area contributed by atoms with Gasteiger partial charge < -0.3 is 4.39 Å². The molecule has 0 bridgehead atoms. The fraction of sp³-hybridized carbons (Fsp3) is 0.375. The Bertz CT molecular complexity index is 283. The fourth-order valence-corrected chi connectivity index (χ4v) is 1.05. The molecule has 74 valence electrons. The number of halogens is 5. The second-order valence-electron chi connectivity index (χ2n) is 2.53. The summed E-state index contributed by atoms with van der Waals surface area (Å²) in [6.45, 7) is 1.32. The van der Waals surface area contributed by atoms with Crippen LogP contribution in [0.15, 0.2) is 23.3 Å². The van der Waals surface area contributed by atoms with Crippen LogP contribution in [0.25, 0.3) is 0 Å². The zero-order valence-electron chi connectivity index (χ0n) is 7.67. The van der Waals surface area contributed by atoms with E-state index in [-0.39, 0.29) is 25.3 Å². The number of allylic oxidation sites excluding steroid dienone is 4. The zero-order valence-corrected chi connectivity index (χ0v) is 7.67. The summed E-state index contributed by atoms with van der Waals surface area (Å²) in [5.74, 6) is -8.26. The minimum atomic E-state index is -2.50. The van der Waals surface area contributed by atoms with Gasteiger partial charge in [-0.25, -0.2) is 13.2 Å². The molecule has 1 atom stereocenters. The topological polar surface area (TPSA) is 0 Å². The monoisotopic (exact) mass is 204 g/mol. The third kappa shape index (κ3) is 1.99. The molecule has 0 saturated carbocycles. The Kier molecular flexibility index (Phi) is 4.76. The van der Waals surface area contributed by atoms with Gasteiger partial charge in [-0.05, 0) is 0 Å². The van der Waals surface area contributed by atoms with Crippen LogP contribution in [0.5, 0.6) is 0 Å². The summed E-state index contributed by atoms with van der Waals surface area (Å²) in [5, 5.41) is 0. The van der Waals surface area contributed by atoms with Gasteiger partial charge in [0.25, 0.3) is 0 Å². The Morgan fingerprint density at radius 2 is 1.64 bits per heavy atom. The van der Waals surface area contributed by atoms with Crippen LogP contribution in [0.1, 0.15) is 13.3 Å². The van der Waals surface area contributed by atoms with Crippen LogP contribution < -0.4 is 18.9 Å². The van der Waals surface area contributed by atoms with Crippen molar-refractivity contribution in [3.63, 3.8) is 0 Å². The summed E-state index contributed by atoms with van der Waals surface area (Å²) < 4.78 is 62.8. The number of alkyl halides is 1. The summed E-state index contributed by atoms with van der Waals surface area (Å²) in [6.07, 6.45) is -2.70. The molecule has 1 unspecified atom stereocenters. The first-order chi connectivity index (χ1) is 6.00. The minimum absolute atomic E-state index is 0. The average molecular weight is 204 g/mol. The van der Waals surface area contributed by atoms with Crippen LogP contribution >= 0.6 is 0 Å². The van der Waals surface area contributed by atoms with Crippen molar-refractivity contribution in [2.75, 3.05) is 0 Å². The molecular weight excluding hydrogens is 198 g/mol. The molecule has 0 aromatic carbocycles. The average Bonchev–Trinajstić information content (AvgIpc) is 2.13. The van der Waals surface area contributed by atoms with Crippen molar-refractivity contribution < 1.29 is 40.8 Å². The number of hydrogen-bond acceptors (Lipinski definition) is 0. The van der Waals surface area contributed by atoms with E-state index in [4.69, 9.17) is 0 Å². The summed E-state index contributed by atoms with van der Waals surface area (Å²) >= 11 is 0. The first kappa shape index (κ1) is 13.6.